The van der Waals surface area contributed by atoms with E-state index >= 15 is 0 Å². The molecule has 51 heavy (non-hydrogen) atoms. The summed E-state index contributed by atoms with van der Waals surface area (Å²) in [6.45, 7) is 0. The number of rotatable bonds is 7. The lowest BCUT2D eigenvalue weighted by Gasteiger charge is -2.27. The predicted octanol–water partition coefficient (Wildman–Crippen LogP) is 14.1. The second-order valence-electron chi connectivity index (χ2n) is 12.4. The van der Waals surface area contributed by atoms with Crippen molar-refractivity contribution in [2.75, 3.05) is 4.90 Å². The highest BCUT2D eigenvalue weighted by atomic mass is 15.1. The first kappa shape index (κ1) is 23.6. The normalized spacial score (nSPS) is 13.1. The van der Waals surface area contributed by atoms with Gasteiger partial charge in [-0.2, -0.15) is 0 Å². The summed E-state index contributed by atoms with van der Waals surface area (Å²) in [6, 6.07) is 55.3. The molecule has 0 aromatic heterocycles. The third kappa shape index (κ3) is 5.86. The second kappa shape index (κ2) is 13.3. The van der Waals surface area contributed by atoms with Gasteiger partial charge in [0.25, 0.3) is 0 Å². The van der Waals surface area contributed by atoms with Crippen LogP contribution in [0.3, 0.4) is 0 Å². The van der Waals surface area contributed by atoms with E-state index in [1.165, 1.54) is 5.56 Å². The van der Waals surface area contributed by atoms with Gasteiger partial charge in [0, 0.05) is 16.8 Å². The first-order valence-corrected chi connectivity index (χ1v) is 16.9. The zero-order valence-electron chi connectivity index (χ0n) is 34.6. The van der Waals surface area contributed by atoms with Crippen molar-refractivity contribution >= 4 is 38.6 Å². The molecule has 0 aliphatic carbocycles. The van der Waals surface area contributed by atoms with Crippen molar-refractivity contribution in [3.63, 3.8) is 0 Å². The van der Waals surface area contributed by atoms with Crippen LogP contribution in [0.4, 0.5) is 17.1 Å². The molecule has 0 N–H and O–H groups in total. The highest BCUT2D eigenvalue weighted by Crippen LogP contribution is 2.41. The summed E-state index contributed by atoms with van der Waals surface area (Å²) in [5.74, 6) is 0. The molecule has 0 heterocycles. The fraction of sp³-hybridized carbons (Fsp3) is 0. The minimum Gasteiger partial charge on any atom is -0.310 e. The van der Waals surface area contributed by atoms with E-state index in [1.807, 2.05) is 54.6 Å². The third-order valence-corrected chi connectivity index (χ3v) is 9.38. The molecule has 0 saturated heterocycles. The van der Waals surface area contributed by atoms with Gasteiger partial charge in [-0.1, -0.05) is 176 Å². The standard InChI is InChI=1S/C50H35N/c1-3-13-37(14-4-1)47-34-29-42(35-49(47)40-15-5-2-6-16-40)36-25-30-43(31-26-36)51(50-24-12-20-39-18-8-10-22-48(39)50)44-32-27-41(28-33-44)46-23-11-19-38-17-7-9-21-45(38)46/h1-35H/i7D,9D,11D,17D,19D,21D,23D. The zero-order chi connectivity index (χ0) is 40.1. The average molecular weight is 657 g/mol. The summed E-state index contributed by atoms with van der Waals surface area (Å²) in [6.07, 6.45) is 0. The molecule has 0 amide bonds. The van der Waals surface area contributed by atoms with E-state index in [2.05, 4.69) is 120 Å². The van der Waals surface area contributed by atoms with Crippen LogP contribution >= 0.6 is 0 Å². The van der Waals surface area contributed by atoms with Crippen molar-refractivity contribution < 1.29 is 9.60 Å². The molecule has 0 aliphatic rings. The van der Waals surface area contributed by atoms with Gasteiger partial charge in [0.2, 0.25) is 0 Å². The molecular formula is C50H35N. The molecule has 0 aliphatic heterocycles. The van der Waals surface area contributed by atoms with Crippen LogP contribution in [0.15, 0.2) is 212 Å². The Morgan fingerprint density at radius 3 is 1.65 bits per heavy atom. The summed E-state index contributed by atoms with van der Waals surface area (Å²) < 4.78 is 59.9. The number of hydrogen-bond acceptors (Lipinski definition) is 1. The van der Waals surface area contributed by atoms with Crippen molar-refractivity contribution in [2.24, 2.45) is 0 Å². The molecular weight excluding hydrogens is 615 g/mol. The Balaban J connectivity index is 1.17. The lowest BCUT2D eigenvalue weighted by Crippen LogP contribution is -2.10. The molecule has 1 heteroatoms. The van der Waals surface area contributed by atoms with Gasteiger partial charge in [-0.05, 0) is 97.1 Å². The van der Waals surface area contributed by atoms with E-state index in [4.69, 9.17) is 9.60 Å². The molecule has 0 bridgehead atoms. The van der Waals surface area contributed by atoms with Crippen LogP contribution in [0.2, 0.25) is 0 Å². The maximum atomic E-state index is 8.88. The smallest absolute Gasteiger partial charge is 0.0629 e. The molecule has 0 atom stereocenters. The highest BCUT2D eigenvalue weighted by molar-refractivity contribution is 6.00. The van der Waals surface area contributed by atoms with E-state index < -0.39 is 12.1 Å². The molecule has 9 aromatic rings. The Kier molecular flexibility index (Phi) is 6.16. The fourth-order valence-electron chi connectivity index (χ4n) is 6.89. The Labute approximate surface area is 309 Å². The molecule has 0 fully saturated rings. The fourth-order valence-corrected chi connectivity index (χ4v) is 6.89. The molecule has 9 rings (SSSR count). The van der Waals surface area contributed by atoms with Crippen molar-refractivity contribution in [3.05, 3.63) is 212 Å². The molecule has 240 valence electrons. The quantitative estimate of drug-likeness (QED) is 0.165. The van der Waals surface area contributed by atoms with Gasteiger partial charge in [0.05, 0.1) is 15.3 Å². The predicted molar refractivity (Wildman–Crippen MR) is 218 cm³/mol. The van der Waals surface area contributed by atoms with Gasteiger partial charge in [-0.25, -0.2) is 0 Å². The van der Waals surface area contributed by atoms with Crippen LogP contribution in [-0.4, -0.2) is 0 Å². The molecule has 0 unspecified atom stereocenters. The maximum Gasteiger partial charge on any atom is 0.0629 e. The third-order valence-electron chi connectivity index (χ3n) is 9.38. The zero-order valence-corrected chi connectivity index (χ0v) is 27.6. The van der Waals surface area contributed by atoms with Crippen LogP contribution in [0.5, 0.6) is 0 Å². The number of nitrogens with zero attached hydrogens (tertiary/aromatic N) is 1. The monoisotopic (exact) mass is 656 g/mol. The van der Waals surface area contributed by atoms with E-state index in [0.29, 0.717) is 5.56 Å². The van der Waals surface area contributed by atoms with E-state index in [-0.39, 0.29) is 46.5 Å². The first-order chi connectivity index (χ1) is 28.2. The minimum absolute atomic E-state index is 0.0610. The Bertz CT molecular complexity index is 2990. The summed E-state index contributed by atoms with van der Waals surface area (Å²) in [5.41, 5.74) is 10.2. The maximum absolute atomic E-state index is 8.88. The number of benzene rings is 9. The van der Waals surface area contributed by atoms with Gasteiger partial charge < -0.3 is 4.90 Å². The summed E-state index contributed by atoms with van der Waals surface area (Å²) in [7, 11) is 0. The largest absolute Gasteiger partial charge is 0.310 e. The summed E-state index contributed by atoms with van der Waals surface area (Å²) >= 11 is 0. The lowest BCUT2D eigenvalue weighted by molar-refractivity contribution is 1.30. The van der Waals surface area contributed by atoms with Crippen molar-refractivity contribution in [2.45, 2.75) is 0 Å². The van der Waals surface area contributed by atoms with E-state index in [9.17, 15) is 0 Å². The number of fused-ring (bicyclic) bond motifs is 2. The Hall–Kier alpha value is -6.70. The van der Waals surface area contributed by atoms with Gasteiger partial charge in [0.15, 0.2) is 0 Å². The van der Waals surface area contributed by atoms with Gasteiger partial charge in [-0.15, -0.1) is 0 Å². The Morgan fingerprint density at radius 1 is 0.333 bits per heavy atom. The topological polar surface area (TPSA) is 3.24 Å². The SMILES string of the molecule is [2H]c1c([2H])c([2H])c2c(-c3ccc(N(c4ccc(-c5ccc(-c6ccccc6)c(-c6ccccc6)c5)cc4)c4cccc5ccccc45)cc3)c([2H])c([2H])c([2H])c2c1[2H]. The summed E-state index contributed by atoms with van der Waals surface area (Å²) in [5, 5.41) is 2.15. The van der Waals surface area contributed by atoms with Crippen molar-refractivity contribution in [1.82, 2.24) is 0 Å². The van der Waals surface area contributed by atoms with Gasteiger partial charge in [-0.3, -0.25) is 0 Å². The number of anilines is 3. The average Bonchev–Trinajstić information content (AvgIpc) is 3.28. The molecule has 1 nitrogen and oxygen atoms in total. The molecule has 0 spiro atoms. The van der Waals surface area contributed by atoms with Crippen LogP contribution < -0.4 is 4.90 Å². The molecule has 0 saturated carbocycles. The highest BCUT2D eigenvalue weighted by Gasteiger charge is 2.17. The first-order valence-electron chi connectivity index (χ1n) is 20.4. The minimum atomic E-state index is -0.470. The van der Waals surface area contributed by atoms with Crippen LogP contribution in [0.25, 0.3) is 66.1 Å². The summed E-state index contributed by atoms with van der Waals surface area (Å²) in [4.78, 5) is 2.18. The molecule has 9 aromatic carbocycles. The van der Waals surface area contributed by atoms with Gasteiger partial charge in [0.1, 0.15) is 0 Å². The van der Waals surface area contributed by atoms with Gasteiger partial charge >= 0.3 is 0 Å². The van der Waals surface area contributed by atoms with E-state index in [1.54, 1.807) is 0 Å². The second-order valence-corrected chi connectivity index (χ2v) is 12.4. The van der Waals surface area contributed by atoms with Crippen LogP contribution in [0, 0.1) is 0 Å². The lowest BCUT2D eigenvalue weighted by atomic mass is 9.91. The molecule has 0 radical (unpaired) electrons. The Morgan fingerprint density at radius 2 is 0.902 bits per heavy atom. The van der Waals surface area contributed by atoms with Crippen LogP contribution in [-0.2, 0) is 0 Å². The van der Waals surface area contributed by atoms with Crippen molar-refractivity contribution in [3.8, 4) is 44.5 Å². The van der Waals surface area contributed by atoms with Crippen LogP contribution in [0.1, 0.15) is 9.60 Å². The van der Waals surface area contributed by atoms with E-state index in [0.717, 1.165) is 55.7 Å². The van der Waals surface area contributed by atoms with Crippen molar-refractivity contribution in [1.29, 1.82) is 0 Å². The number of hydrogen-bond donors (Lipinski definition) is 0.